The van der Waals surface area contributed by atoms with Crippen molar-refractivity contribution in [2.24, 2.45) is 0 Å². The fraction of sp³-hybridized carbons (Fsp3) is 0.417. The van der Waals surface area contributed by atoms with Crippen molar-refractivity contribution in [2.75, 3.05) is 18.1 Å². The van der Waals surface area contributed by atoms with Gasteiger partial charge in [0.2, 0.25) is 5.91 Å². The van der Waals surface area contributed by atoms with Crippen LogP contribution in [-0.2, 0) is 16.0 Å². The number of hydrogen-bond donors (Lipinski definition) is 1. The van der Waals surface area contributed by atoms with E-state index in [1.807, 2.05) is 22.2 Å². The van der Waals surface area contributed by atoms with E-state index in [0.717, 1.165) is 10.7 Å². The van der Waals surface area contributed by atoms with Gasteiger partial charge < -0.3 is 10.0 Å². The second-order valence-corrected chi connectivity index (χ2v) is 6.54. The standard InChI is InChI=1S/C12H13N3O3S2/c16-10(15-2-3-19-7-9(15)11(17)18)5-8-6-14-1-4-20-12(14)13-8/h1,4,6,9H,2-3,5,7H2,(H,17,18). The molecule has 8 heteroatoms. The number of imidazole rings is 1. The summed E-state index contributed by atoms with van der Waals surface area (Å²) in [6.45, 7) is 0.489. The molecule has 0 aliphatic carbocycles. The van der Waals surface area contributed by atoms with Crippen LogP contribution in [0.3, 0.4) is 0 Å². The van der Waals surface area contributed by atoms with Crippen LogP contribution in [0.5, 0.6) is 0 Å². The number of carbonyl (C=O) groups excluding carboxylic acids is 1. The summed E-state index contributed by atoms with van der Waals surface area (Å²) in [5.41, 5.74) is 0.684. The molecule has 1 N–H and O–H groups in total. The van der Waals surface area contributed by atoms with Gasteiger partial charge in [0.25, 0.3) is 0 Å². The molecule has 1 aliphatic heterocycles. The SMILES string of the molecule is O=C(O)C1CSCCN1C(=O)Cc1cn2ccsc2n1. The van der Waals surface area contributed by atoms with Gasteiger partial charge >= 0.3 is 5.97 Å². The maximum Gasteiger partial charge on any atom is 0.327 e. The first kappa shape index (κ1) is 13.4. The molecule has 3 rings (SSSR count). The molecule has 1 fully saturated rings. The Morgan fingerprint density at radius 1 is 1.50 bits per heavy atom. The Bertz CT molecular complexity index is 623. The number of nitrogens with zero attached hydrogens (tertiary/aromatic N) is 3. The van der Waals surface area contributed by atoms with Crippen molar-refractivity contribution >= 4 is 39.9 Å². The number of carboxylic acid groups (broad SMARTS) is 1. The van der Waals surface area contributed by atoms with Crippen LogP contribution in [0.15, 0.2) is 17.8 Å². The zero-order valence-corrected chi connectivity index (χ0v) is 12.2. The fourth-order valence-electron chi connectivity index (χ4n) is 2.22. The number of amides is 1. The minimum atomic E-state index is -0.934. The molecule has 1 atom stereocenters. The molecule has 0 radical (unpaired) electrons. The molecule has 1 aliphatic rings. The molecular formula is C12H13N3O3S2. The second-order valence-electron chi connectivity index (χ2n) is 4.52. The molecule has 0 spiro atoms. The van der Waals surface area contributed by atoms with E-state index in [1.54, 1.807) is 11.8 Å². The maximum atomic E-state index is 12.3. The molecule has 1 unspecified atom stereocenters. The normalized spacial score (nSPS) is 19.4. The molecule has 106 valence electrons. The van der Waals surface area contributed by atoms with E-state index in [4.69, 9.17) is 0 Å². The molecule has 2 aromatic rings. The van der Waals surface area contributed by atoms with Gasteiger partial charge in [-0.05, 0) is 0 Å². The van der Waals surface area contributed by atoms with E-state index in [-0.39, 0.29) is 12.3 Å². The van der Waals surface area contributed by atoms with Gasteiger partial charge in [-0.1, -0.05) is 0 Å². The van der Waals surface area contributed by atoms with Crippen LogP contribution in [-0.4, -0.2) is 55.4 Å². The van der Waals surface area contributed by atoms with Crippen LogP contribution in [0.25, 0.3) is 4.96 Å². The van der Waals surface area contributed by atoms with Crippen molar-refractivity contribution in [3.8, 4) is 0 Å². The molecule has 6 nitrogen and oxygen atoms in total. The Balaban J connectivity index is 1.74. The lowest BCUT2D eigenvalue weighted by atomic mass is 10.2. The lowest BCUT2D eigenvalue weighted by Gasteiger charge is -2.32. The van der Waals surface area contributed by atoms with E-state index >= 15 is 0 Å². The molecule has 2 aromatic heterocycles. The third-order valence-corrected chi connectivity index (χ3v) is 5.00. The average Bonchev–Trinajstić information content (AvgIpc) is 2.99. The molecule has 1 saturated heterocycles. The zero-order valence-electron chi connectivity index (χ0n) is 10.6. The molecule has 1 amide bonds. The summed E-state index contributed by atoms with van der Waals surface area (Å²) in [6, 6.07) is -0.718. The van der Waals surface area contributed by atoms with Crippen molar-refractivity contribution in [1.29, 1.82) is 0 Å². The predicted molar refractivity (Wildman–Crippen MR) is 77.2 cm³/mol. The predicted octanol–water partition coefficient (Wildman–Crippen LogP) is 0.967. The third-order valence-electron chi connectivity index (χ3n) is 3.21. The van der Waals surface area contributed by atoms with Crippen molar-refractivity contribution in [2.45, 2.75) is 12.5 Å². The Hall–Kier alpha value is -1.54. The fourth-order valence-corrected chi connectivity index (χ4v) is 3.98. The van der Waals surface area contributed by atoms with Gasteiger partial charge in [-0.15, -0.1) is 11.3 Å². The first-order valence-electron chi connectivity index (χ1n) is 6.16. The topological polar surface area (TPSA) is 74.9 Å². The van der Waals surface area contributed by atoms with E-state index in [2.05, 4.69) is 4.98 Å². The molecular weight excluding hydrogens is 298 g/mol. The van der Waals surface area contributed by atoms with Crippen LogP contribution in [0, 0.1) is 0 Å². The summed E-state index contributed by atoms with van der Waals surface area (Å²) in [5, 5.41) is 11.1. The van der Waals surface area contributed by atoms with Gasteiger partial charge in [0, 0.05) is 35.8 Å². The quantitative estimate of drug-likeness (QED) is 0.914. The van der Waals surface area contributed by atoms with E-state index in [0.29, 0.717) is 18.0 Å². The number of carboxylic acids is 1. The van der Waals surface area contributed by atoms with E-state index in [1.165, 1.54) is 16.2 Å². The van der Waals surface area contributed by atoms with Crippen LogP contribution in [0.2, 0.25) is 0 Å². The Morgan fingerprint density at radius 3 is 3.10 bits per heavy atom. The average molecular weight is 311 g/mol. The van der Waals surface area contributed by atoms with E-state index < -0.39 is 12.0 Å². The number of thiazole rings is 1. The van der Waals surface area contributed by atoms with Crippen molar-refractivity contribution in [1.82, 2.24) is 14.3 Å². The molecule has 20 heavy (non-hydrogen) atoms. The Labute approximate surface area is 123 Å². The summed E-state index contributed by atoms with van der Waals surface area (Å²) in [4.78, 5) is 30.2. The van der Waals surface area contributed by atoms with E-state index in [9.17, 15) is 14.7 Å². The van der Waals surface area contributed by atoms with Crippen molar-refractivity contribution in [3.63, 3.8) is 0 Å². The Kier molecular flexibility index (Phi) is 3.66. The highest BCUT2D eigenvalue weighted by molar-refractivity contribution is 7.99. The van der Waals surface area contributed by atoms with Gasteiger partial charge in [0.05, 0.1) is 12.1 Å². The van der Waals surface area contributed by atoms with Gasteiger partial charge in [-0.25, -0.2) is 9.78 Å². The maximum absolute atomic E-state index is 12.3. The highest BCUT2D eigenvalue weighted by atomic mass is 32.2. The zero-order chi connectivity index (χ0) is 14.1. The van der Waals surface area contributed by atoms with Crippen molar-refractivity contribution in [3.05, 3.63) is 23.5 Å². The lowest BCUT2D eigenvalue weighted by molar-refractivity contribution is -0.149. The van der Waals surface area contributed by atoms with Gasteiger partial charge in [0.15, 0.2) is 4.96 Å². The minimum Gasteiger partial charge on any atom is -0.480 e. The number of hydrogen-bond acceptors (Lipinski definition) is 5. The summed E-state index contributed by atoms with van der Waals surface area (Å²) in [5.74, 6) is 0.146. The van der Waals surface area contributed by atoms with Gasteiger partial charge in [-0.2, -0.15) is 11.8 Å². The summed E-state index contributed by atoms with van der Waals surface area (Å²) in [6.07, 6.45) is 3.86. The number of rotatable bonds is 3. The largest absolute Gasteiger partial charge is 0.480 e. The first-order valence-corrected chi connectivity index (χ1v) is 8.19. The second kappa shape index (κ2) is 5.45. The van der Waals surface area contributed by atoms with Crippen LogP contribution in [0.4, 0.5) is 0 Å². The Morgan fingerprint density at radius 2 is 2.35 bits per heavy atom. The lowest BCUT2D eigenvalue weighted by Crippen LogP contribution is -2.50. The molecule has 0 aromatic carbocycles. The van der Waals surface area contributed by atoms with Crippen LogP contribution in [0.1, 0.15) is 5.69 Å². The number of carbonyl (C=O) groups is 2. The number of aromatic nitrogens is 2. The molecule has 3 heterocycles. The smallest absolute Gasteiger partial charge is 0.327 e. The molecule has 0 saturated carbocycles. The number of thioether (sulfide) groups is 1. The van der Waals surface area contributed by atoms with Crippen LogP contribution >= 0.6 is 23.1 Å². The monoisotopic (exact) mass is 311 g/mol. The van der Waals surface area contributed by atoms with Gasteiger partial charge in [0.1, 0.15) is 6.04 Å². The van der Waals surface area contributed by atoms with Crippen molar-refractivity contribution < 1.29 is 14.7 Å². The summed E-state index contributed by atoms with van der Waals surface area (Å²) < 4.78 is 1.87. The number of fused-ring (bicyclic) bond motifs is 1. The highest BCUT2D eigenvalue weighted by Gasteiger charge is 2.32. The minimum absolute atomic E-state index is 0.156. The number of aliphatic carboxylic acids is 1. The summed E-state index contributed by atoms with van der Waals surface area (Å²) in [7, 11) is 0. The van der Waals surface area contributed by atoms with Gasteiger partial charge in [-0.3, -0.25) is 9.20 Å². The first-order chi connectivity index (χ1) is 9.65. The third kappa shape index (κ3) is 2.53. The highest BCUT2D eigenvalue weighted by Crippen LogP contribution is 2.18. The molecule has 0 bridgehead atoms. The van der Waals surface area contributed by atoms with Crippen LogP contribution < -0.4 is 0 Å². The summed E-state index contributed by atoms with van der Waals surface area (Å²) >= 11 is 3.08.